The zero-order valence-electron chi connectivity index (χ0n) is 23.9. The van der Waals surface area contributed by atoms with Crippen molar-refractivity contribution in [2.75, 3.05) is 11.6 Å². The number of fused-ring (bicyclic) bond motifs is 2. The molecule has 3 N–H and O–H groups in total. The number of hydrazine groups is 1. The highest BCUT2D eigenvalue weighted by Gasteiger charge is 2.37. The number of nitrogens with one attached hydrogen (secondary N) is 1. The molecule has 2 heterocycles. The number of anilines is 1. The molecule has 3 amide bonds. The van der Waals surface area contributed by atoms with Crippen LogP contribution in [0.2, 0.25) is 0 Å². The van der Waals surface area contributed by atoms with E-state index in [1.54, 1.807) is 19.9 Å². The molecule has 0 saturated carbocycles. The molecule has 0 bridgehead atoms. The summed E-state index contributed by atoms with van der Waals surface area (Å²) in [7, 11) is 0. The fourth-order valence-electron chi connectivity index (χ4n) is 5.45. The molecule has 1 aliphatic heterocycles. The molecular formula is C33H36N4O4. The van der Waals surface area contributed by atoms with Crippen LogP contribution >= 0.6 is 0 Å². The van der Waals surface area contributed by atoms with E-state index in [0.29, 0.717) is 35.4 Å². The van der Waals surface area contributed by atoms with Crippen LogP contribution < -0.4 is 16.1 Å². The van der Waals surface area contributed by atoms with E-state index in [2.05, 4.69) is 5.32 Å². The number of benzene rings is 3. The molecule has 0 radical (unpaired) electrons. The van der Waals surface area contributed by atoms with Gasteiger partial charge in [-0.3, -0.25) is 14.4 Å². The van der Waals surface area contributed by atoms with E-state index in [0.717, 1.165) is 22.1 Å². The van der Waals surface area contributed by atoms with Gasteiger partial charge in [0.15, 0.2) is 0 Å². The summed E-state index contributed by atoms with van der Waals surface area (Å²) in [5.74, 6) is -0.432. The Kier molecular flexibility index (Phi) is 7.69. The van der Waals surface area contributed by atoms with Crippen LogP contribution in [0.3, 0.4) is 0 Å². The molecule has 0 aliphatic carbocycles. The predicted molar refractivity (Wildman–Crippen MR) is 160 cm³/mol. The first-order chi connectivity index (χ1) is 19.6. The predicted octanol–water partition coefficient (Wildman–Crippen LogP) is 5.38. The molecule has 5 rings (SSSR count). The highest BCUT2D eigenvalue weighted by atomic mass is 16.3. The van der Waals surface area contributed by atoms with Crippen molar-refractivity contribution in [3.05, 3.63) is 89.5 Å². The molecule has 3 aromatic carbocycles. The third-order valence-electron chi connectivity index (χ3n) is 7.33. The summed E-state index contributed by atoms with van der Waals surface area (Å²) in [6.45, 7) is 7.53. The lowest BCUT2D eigenvalue weighted by molar-refractivity contribution is -0.129. The van der Waals surface area contributed by atoms with Gasteiger partial charge in [-0.05, 0) is 75.9 Å². The summed E-state index contributed by atoms with van der Waals surface area (Å²) in [5.41, 5.74) is 9.60. The maximum Gasteiger partial charge on any atom is 0.273 e. The number of carbonyl (C=O) groups excluding carboxylic acids is 3. The fourth-order valence-corrected chi connectivity index (χ4v) is 5.45. The van der Waals surface area contributed by atoms with Crippen LogP contribution in [0.25, 0.3) is 22.3 Å². The van der Waals surface area contributed by atoms with Crippen LogP contribution in [-0.2, 0) is 16.0 Å². The highest BCUT2D eigenvalue weighted by molar-refractivity contribution is 6.08. The number of hydrogen-bond acceptors (Lipinski definition) is 5. The lowest BCUT2D eigenvalue weighted by Crippen LogP contribution is -2.57. The Bertz CT molecular complexity index is 1580. The van der Waals surface area contributed by atoms with Gasteiger partial charge >= 0.3 is 0 Å². The Hall–Kier alpha value is -4.43. The number of amides is 3. The topological polar surface area (TPSA) is 109 Å². The number of hydrogen-bond donors (Lipinski definition) is 2. The molecule has 41 heavy (non-hydrogen) atoms. The van der Waals surface area contributed by atoms with E-state index < -0.39 is 11.6 Å². The minimum Gasteiger partial charge on any atom is -0.456 e. The van der Waals surface area contributed by atoms with E-state index in [1.165, 1.54) is 10.0 Å². The smallest absolute Gasteiger partial charge is 0.273 e. The largest absolute Gasteiger partial charge is 0.456 e. The SMILES string of the molecule is CCN(C(=O)c1cccc(C)c1-c1cc2ccccc2o1)N1C(=O)C(NC(=O)CC(C)(C)N)CCc2ccccc21. The first kappa shape index (κ1) is 28.1. The molecule has 8 nitrogen and oxygen atoms in total. The zero-order chi connectivity index (χ0) is 29.3. The molecule has 1 unspecified atom stereocenters. The van der Waals surface area contributed by atoms with Crippen molar-refractivity contribution in [1.29, 1.82) is 0 Å². The quantitative estimate of drug-likeness (QED) is 0.320. The molecule has 212 valence electrons. The van der Waals surface area contributed by atoms with Gasteiger partial charge in [-0.2, -0.15) is 0 Å². The van der Waals surface area contributed by atoms with Crippen LogP contribution in [0.1, 0.15) is 55.1 Å². The maximum atomic E-state index is 14.4. The lowest BCUT2D eigenvalue weighted by Gasteiger charge is -2.36. The van der Waals surface area contributed by atoms with E-state index in [1.807, 2.05) is 80.6 Å². The third-order valence-corrected chi connectivity index (χ3v) is 7.33. The average Bonchev–Trinajstić information content (AvgIpc) is 3.31. The van der Waals surface area contributed by atoms with Crippen molar-refractivity contribution in [3.63, 3.8) is 0 Å². The van der Waals surface area contributed by atoms with Crippen LogP contribution in [0.5, 0.6) is 0 Å². The number of aryl methyl sites for hydroxylation is 2. The van der Waals surface area contributed by atoms with Gasteiger partial charge in [0, 0.05) is 29.5 Å². The summed E-state index contributed by atoms with van der Waals surface area (Å²) in [5, 5.41) is 6.72. The maximum absolute atomic E-state index is 14.4. The van der Waals surface area contributed by atoms with Crippen molar-refractivity contribution in [2.24, 2.45) is 5.73 Å². The molecular weight excluding hydrogens is 516 g/mol. The van der Waals surface area contributed by atoms with E-state index >= 15 is 0 Å². The van der Waals surface area contributed by atoms with Gasteiger partial charge in [-0.25, -0.2) is 10.0 Å². The number of carbonyl (C=O) groups is 3. The first-order valence-corrected chi connectivity index (χ1v) is 14.0. The van der Waals surface area contributed by atoms with Crippen molar-refractivity contribution in [3.8, 4) is 11.3 Å². The average molecular weight is 553 g/mol. The van der Waals surface area contributed by atoms with E-state index in [9.17, 15) is 14.4 Å². The standard InChI is InChI=1S/C33H36N4O4/c1-5-36(31(39)24-14-10-11-21(2)30(24)28-19-23-13-7-9-16-27(23)41-28)37-26-15-8-6-12-22(26)17-18-25(32(37)40)35-29(38)20-33(3,4)34/h6-16,19,25H,5,17-18,20,34H2,1-4H3,(H,35,38). The van der Waals surface area contributed by atoms with Gasteiger partial charge in [-0.15, -0.1) is 0 Å². The number of para-hydroxylation sites is 2. The lowest BCUT2D eigenvalue weighted by atomic mass is 9.98. The monoisotopic (exact) mass is 552 g/mol. The van der Waals surface area contributed by atoms with Crippen molar-refractivity contribution >= 4 is 34.4 Å². The first-order valence-electron chi connectivity index (χ1n) is 14.0. The van der Waals surface area contributed by atoms with Gasteiger partial charge in [0.05, 0.1) is 11.3 Å². The highest BCUT2D eigenvalue weighted by Crippen LogP contribution is 2.35. The Labute approximate surface area is 240 Å². The minimum absolute atomic E-state index is 0.0737. The fraction of sp³-hybridized carbons (Fsp3) is 0.303. The second-order valence-corrected chi connectivity index (χ2v) is 11.3. The summed E-state index contributed by atoms with van der Waals surface area (Å²) in [4.78, 5) is 41.4. The molecule has 1 atom stereocenters. The van der Waals surface area contributed by atoms with Crippen LogP contribution in [0, 0.1) is 6.92 Å². The summed E-state index contributed by atoms with van der Waals surface area (Å²) in [6.07, 6.45) is 1.05. The van der Waals surface area contributed by atoms with E-state index in [-0.39, 0.29) is 30.7 Å². The molecule has 1 aromatic heterocycles. The second-order valence-electron chi connectivity index (χ2n) is 11.3. The van der Waals surface area contributed by atoms with E-state index in [4.69, 9.17) is 10.2 Å². The van der Waals surface area contributed by atoms with Gasteiger partial charge in [0.1, 0.15) is 17.4 Å². The number of rotatable bonds is 7. The van der Waals surface area contributed by atoms with Crippen molar-refractivity contribution in [1.82, 2.24) is 10.3 Å². The van der Waals surface area contributed by atoms with Crippen molar-refractivity contribution in [2.45, 2.75) is 58.5 Å². The summed E-state index contributed by atoms with van der Waals surface area (Å²) < 4.78 is 6.17. The normalized spacial score (nSPS) is 15.4. The minimum atomic E-state index is -0.813. The second kappa shape index (κ2) is 11.2. The Morgan fingerprint density at radius 2 is 1.80 bits per heavy atom. The van der Waals surface area contributed by atoms with Gasteiger partial charge < -0.3 is 15.5 Å². The van der Waals surface area contributed by atoms with Gasteiger partial charge in [-0.1, -0.05) is 48.5 Å². The molecule has 8 heteroatoms. The molecule has 4 aromatic rings. The van der Waals surface area contributed by atoms with Crippen LogP contribution in [-0.4, -0.2) is 40.9 Å². The third kappa shape index (κ3) is 5.74. The van der Waals surface area contributed by atoms with Crippen LogP contribution in [0.4, 0.5) is 5.69 Å². The van der Waals surface area contributed by atoms with Gasteiger partial charge in [0.2, 0.25) is 5.91 Å². The summed E-state index contributed by atoms with van der Waals surface area (Å²) >= 11 is 0. The molecule has 0 saturated heterocycles. The van der Waals surface area contributed by atoms with Crippen LogP contribution in [0.15, 0.2) is 77.2 Å². The summed E-state index contributed by atoms with van der Waals surface area (Å²) in [6, 6.07) is 21.9. The number of furan rings is 1. The number of nitrogens with two attached hydrogens (primary N) is 1. The zero-order valence-corrected chi connectivity index (χ0v) is 23.9. The van der Waals surface area contributed by atoms with Gasteiger partial charge in [0.25, 0.3) is 11.8 Å². The Morgan fingerprint density at radius 1 is 1.07 bits per heavy atom. The Morgan fingerprint density at radius 3 is 2.54 bits per heavy atom. The number of nitrogens with zero attached hydrogens (tertiary/aromatic N) is 2. The molecule has 1 aliphatic rings. The molecule has 0 spiro atoms. The Balaban J connectivity index is 1.56. The van der Waals surface area contributed by atoms with Crippen molar-refractivity contribution < 1.29 is 18.8 Å². The molecule has 0 fully saturated rings.